The first-order valence-corrected chi connectivity index (χ1v) is 9.96. The van der Waals surface area contributed by atoms with Gasteiger partial charge in [0, 0.05) is 25.5 Å². The highest BCUT2D eigenvalue weighted by atomic mass is 32.2. The molecule has 0 saturated heterocycles. The van der Waals surface area contributed by atoms with Crippen LogP contribution < -0.4 is 4.72 Å². The molecule has 138 valence electrons. The molecule has 0 saturated carbocycles. The first-order chi connectivity index (χ1) is 12.3. The predicted octanol–water partition coefficient (Wildman–Crippen LogP) is 2.67. The van der Waals surface area contributed by atoms with E-state index < -0.39 is 10.0 Å². The first-order valence-electron chi connectivity index (χ1n) is 8.48. The van der Waals surface area contributed by atoms with Crippen molar-refractivity contribution in [2.75, 3.05) is 0 Å². The molecule has 7 heteroatoms. The minimum absolute atomic E-state index is 0.231. The van der Waals surface area contributed by atoms with Crippen molar-refractivity contribution in [1.29, 1.82) is 0 Å². The molecule has 0 aliphatic rings. The number of nitrogens with one attached hydrogen (secondary N) is 1. The van der Waals surface area contributed by atoms with E-state index in [-0.39, 0.29) is 11.4 Å². The van der Waals surface area contributed by atoms with Crippen LogP contribution >= 0.6 is 0 Å². The molecule has 3 rings (SSSR count). The van der Waals surface area contributed by atoms with E-state index in [1.54, 1.807) is 25.6 Å². The number of hydrogen-bond acceptors (Lipinski definition) is 3. The van der Waals surface area contributed by atoms with Gasteiger partial charge in [0.15, 0.2) is 0 Å². The first kappa shape index (κ1) is 18.4. The van der Waals surface area contributed by atoms with E-state index in [2.05, 4.69) is 33.4 Å². The summed E-state index contributed by atoms with van der Waals surface area (Å²) in [5.74, 6) is 0. The second-order valence-electron chi connectivity index (χ2n) is 6.50. The summed E-state index contributed by atoms with van der Waals surface area (Å²) in [6.45, 7) is 6.49. The standard InChI is InChI=1S/C19H24N4O2S/c1-14-8-5-6-9-17(14)13-23-11-7-10-18(23)12-20-26(24,25)19-15(2)21-22(4)16(19)3/h5-11,20H,12-13H2,1-4H3. The molecule has 26 heavy (non-hydrogen) atoms. The number of sulfonamides is 1. The van der Waals surface area contributed by atoms with Crippen molar-refractivity contribution < 1.29 is 8.42 Å². The Morgan fingerprint density at radius 2 is 1.81 bits per heavy atom. The monoisotopic (exact) mass is 372 g/mol. The molecule has 0 bridgehead atoms. The highest BCUT2D eigenvalue weighted by Gasteiger charge is 2.23. The van der Waals surface area contributed by atoms with Crippen LogP contribution in [0.4, 0.5) is 0 Å². The van der Waals surface area contributed by atoms with Crippen molar-refractivity contribution in [3.63, 3.8) is 0 Å². The van der Waals surface area contributed by atoms with E-state index in [1.165, 1.54) is 11.1 Å². The van der Waals surface area contributed by atoms with Crippen LogP contribution in [0.1, 0.15) is 28.2 Å². The Balaban J connectivity index is 1.79. The van der Waals surface area contributed by atoms with Gasteiger partial charge < -0.3 is 4.57 Å². The van der Waals surface area contributed by atoms with Crippen LogP contribution in [0.25, 0.3) is 0 Å². The zero-order chi connectivity index (χ0) is 18.9. The Labute approximate surface area is 154 Å². The van der Waals surface area contributed by atoms with Gasteiger partial charge in [0.05, 0.1) is 17.9 Å². The summed E-state index contributed by atoms with van der Waals surface area (Å²) in [7, 11) is -1.88. The van der Waals surface area contributed by atoms with Crippen LogP contribution in [0.3, 0.4) is 0 Å². The molecule has 0 unspecified atom stereocenters. The maximum Gasteiger partial charge on any atom is 0.244 e. The third kappa shape index (κ3) is 3.59. The van der Waals surface area contributed by atoms with Crippen molar-refractivity contribution >= 4 is 10.0 Å². The van der Waals surface area contributed by atoms with Gasteiger partial charge in [-0.1, -0.05) is 24.3 Å². The molecule has 2 heterocycles. The summed E-state index contributed by atoms with van der Waals surface area (Å²) in [5, 5.41) is 4.20. The molecule has 0 fully saturated rings. The molecule has 0 spiro atoms. The highest BCUT2D eigenvalue weighted by molar-refractivity contribution is 7.89. The van der Waals surface area contributed by atoms with Crippen molar-refractivity contribution in [3.05, 3.63) is 70.8 Å². The van der Waals surface area contributed by atoms with E-state index >= 15 is 0 Å². The number of rotatable bonds is 6. The molecule has 0 aliphatic carbocycles. The molecule has 0 aliphatic heterocycles. The number of benzene rings is 1. The third-order valence-electron chi connectivity index (χ3n) is 4.68. The molecule has 1 N–H and O–H groups in total. The Morgan fingerprint density at radius 1 is 1.08 bits per heavy atom. The maximum atomic E-state index is 12.7. The largest absolute Gasteiger partial charge is 0.346 e. The Bertz CT molecular complexity index is 1030. The molecular weight excluding hydrogens is 348 g/mol. The van der Waals surface area contributed by atoms with Gasteiger partial charge in [-0.2, -0.15) is 5.10 Å². The summed E-state index contributed by atoms with van der Waals surface area (Å²) >= 11 is 0. The van der Waals surface area contributed by atoms with Crippen LogP contribution in [-0.2, 0) is 30.2 Å². The maximum absolute atomic E-state index is 12.7. The lowest BCUT2D eigenvalue weighted by Crippen LogP contribution is -2.25. The van der Waals surface area contributed by atoms with Gasteiger partial charge in [-0.05, 0) is 44.0 Å². The van der Waals surface area contributed by atoms with E-state index in [0.717, 1.165) is 5.69 Å². The third-order valence-corrected chi connectivity index (χ3v) is 6.33. The van der Waals surface area contributed by atoms with E-state index in [0.29, 0.717) is 17.9 Å². The summed E-state index contributed by atoms with van der Waals surface area (Å²) in [6.07, 6.45) is 1.97. The van der Waals surface area contributed by atoms with Gasteiger partial charge in [0.25, 0.3) is 0 Å². The quantitative estimate of drug-likeness (QED) is 0.723. The van der Waals surface area contributed by atoms with E-state index in [9.17, 15) is 8.42 Å². The number of aromatic nitrogens is 3. The van der Waals surface area contributed by atoms with Crippen molar-refractivity contribution in [2.24, 2.45) is 7.05 Å². The van der Waals surface area contributed by atoms with Gasteiger partial charge in [0.2, 0.25) is 10.0 Å². The summed E-state index contributed by atoms with van der Waals surface area (Å²) in [6, 6.07) is 12.1. The second kappa shape index (κ2) is 7.09. The highest BCUT2D eigenvalue weighted by Crippen LogP contribution is 2.19. The molecular formula is C19H24N4O2S. The molecule has 0 atom stereocenters. The number of aryl methyl sites for hydroxylation is 3. The number of nitrogens with zero attached hydrogens (tertiary/aromatic N) is 3. The molecule has 2 aromatic heterocycles. The fourth-order valence-electron chi connectivity index (χ4n) is 3.12. The van der Waals surface area contributed by atoms with E-state index in [1.807, 2.05) is 30.5 Å². The zero-order valence-corrected chi connectivity index (χ0v) is 16.3. The predicted molar refractivity (Wildman–Crippen MR) is 101 cm³/mol. The fraction of sp³-hybridized carbons (Fsp3) is 0.316. The topological polar surface area (TPSA) is 68.9 Å². The van der Waals surface area contributed by atoms with Crippen LogP contribution in [0, 0.1) is 20.8 Å². The lowest BCUT2D eigenvalue weighted by molar-refractivity contribution is 0.576. The smallest absolute Gasteiger partial charge is 0.244 e. The molecule has 0 radical (unpaired) electrons. The molecule has 6 nitrogen and oxygen atoms in total. The van der Waals surface area contributed by atoms with Crippen LogP contribution in [0.5, 0.6) is 0 Å². The molecule has 3 aromatic rings. The number of hydrogen-bond donors (Lipinski definition) is 1. The normalized spacial score (nSPS) is 11.8. The average molecular weight is 372 g/mol. The summed E-state index contributed by atoms with van der Waals surface area (Å²) in [4.78, 5) is 0.261. The molecule has 0 amide bonds. The Morgan fingerprint density at radius 3 is 2.46 bits per heavy atom. The lowest BCUT2D eigenvalue weighted by Gasteiger charge is -2.12. The lowest BCUT2D eigenvalue weighted by atomic mass is 10.1. The zero-order valence-electron chi connectivity index (χ0n) is 15.5. The van der Waals surface area contributed by atoms with E-state index in [4.69, 9.17) is 0 Å². The van der Waals surface area contributed by atoms with Crippen molar-refractivity contribution in [1.82, 2.24) is 19.1 Å². The van der Waals surface area contributed by atoms with Crippen LogP contribution in [0.15, 0.2) is 47.5 Å². The van der Waals surface area contributed by atoms with Gasteiger partial charge >= 0.3 is 0 Å². The van der Waals surface area contributed by atoms with Gasteiger partial charge in [0.1, 0.15) is 4.90 Å². The van der Waals surface area contributed by atoms with Gasteiger partial charge in [-0.3, -0.25) is 4.68 Å². The Hall–Kier alpha value is -2.38. The molecule has 1 aromatic carbocycles. The van der Waals surface area contributed by atoms with Gasteiger partial charge in [-0.15, -0.1) is 0 Å². The van der Waals surface area contributed by atoms with Crippen molar-refractivity contribution in [2.45, 2.75) is 38.8 Å². The SMILES string of the molecule is Cc1ccccc1Cn1cccc1CNS(=O)(=O)c1c(C)nn(C)c1C. The minimum Gasteiger partial charge on any atom is -0.346 e. The Kier molecular flexibility index (Phi) is 5.02. The minimum atomic E-state index is -3.62. The second-order valence-corrected chi connectivity index (χ2v) is 8.21. The van der Waals surface area contributed by atoms with Gasteiger partial charge in [-0.25, -0.2) is 13.1 Å². The van der Waals surface area contributed by atoms with Crippen LogP contribution in [0.2, 0.25) is 0 Å². The van der Waals surface area contributed by atoms with Crippen molar-refractivity contribution in [3.8, 4) is 0 Å². The summed E-state index contributed by atoms with van der Waals surface area (Å²) in [5.41, 5.74) is 4.48. The fourth-order valence-corrected chi connectivity index (χ4v) is 4.55. The average Bonchev–Trinajstić information content (AvgIpc) is 3.12. The van der Waals surface area contributed by atoms with Crippen LogP contribution in [-0.4, -0.2) is 22.8 Å². The summed E-state index contributed by atoms with van der Waals surface area (Å²) < 4.78 is 31.8.